The minimum Gasteiger partial charge on any atom is -0.467 e. The maximum atomic E-state index is 11.8. The number of methoxy groups -OCH3 is 3. The Hall–Kier alpha value is -1.79. The number of ether oxygens (including phenoxy) is 5. The normalized spacial score (nSPS) is 10.6. The maximum Gasteiger partial charge on any atom is 0.338 e. The first kappa shape index (κ1) is 17.3. The van der Waals surface area contributed by atoms with E-state index in [-0.39, 0.29) is 19.5 Å². The van der Waals surface area contributed by atoms with Crippen LogP contribution >= 0.6 is 0 Å². The molecule has 1 rings (SSSR count). The second-order valence-corrected chi connectivity index (χ2v) is 4.63. The standard InChI is InChI=1S/C15H22O6/c1-10(2)14-12(20-8-17-3)6-11(15(16)19-5)7-13(14)21-9-18-4/h6-7,10H,8-9H2,1-5H3. The zero-order valence-corrected chi connectivity index (χ0v) is 13.1. The zero-order chi connectivity index (χ0) is 15.8. The third kappa shape index (κ3) is 4.61. The highest BCUT2D eigenvalue weighted by atomic mass is 16.7. The first-order valence-corrected chi connectivity index (χ1v) is 6.54. The number of carbonyl (C=O) groups excluding carboxylic acids is 1. The van der Waals surface area contributed by atoms with Gasteiger partial charge in [0.15, 0.2) is 13.6 Å². The Balaban J connectivity index is 3.30. The van der Waals surface area contributed by atoms with E-state index in [4.69, 9.17) is 23.7 Å². The fraction of sp³-hybridized carbons (Fsp3) is 0.533. The monoisotopic (exact) mass is 298 g/mol. The predicted octanol–water partition coefficient (Wildman–Crippen LogP) is 2.56. The molecule has 0 amide bonds. The number of esters is 1. The molecule has 0 aliphatic carbocycles. The van der Waals surface area contributed by atoms with Crippen molar-refractivity contribution in [2.24, 2.45) is 0 Å². The van der Waals surface area contributed by atoms with Gasteiger partial charge in [-0.3, -0.25) is 0 Å². The van der Waals surface area contributed by atoms with Gasteiger partial charge in [0, 0.05) is 19.8 Å². The lowest BCUT2D eigenvalue weighted by atomic mass is 9.98. The summed E-state index contributed by atoms with van der Waals surface area (Å²) in [7, 11) is 4.38. The summed E-state index contributed by atoms with van der Waals surface area (Å²) in [5.41, 5.74) is 1.19. The molecule has 0 saturated carbocycles. The zero-order valence-electron chi connectivity index (χ0n) is 13.1. The Labute approximate surface area is 124 Å². The van der Waals surface area contributed by atoms with Crippen molar-refractivity contribution in [3.8, 4) is 11.5 Å². The van der Waals surface area contributed by atoms with Crippen LogP contribution in [0.4, 0.5) is 0 Å². The third-order valence-electron chi connectivity index (χ3n) is 2.77. The number of rotatable bonds is 8. The average Bonchev–Trinajstić information content (AvgIpc) is 2.48. The molecule has 0 unspecified atom stereocenters. The third-order valence-corrected chi connectivity index (χ3v) is 2.77. The van der Waals surface area contributed by atoms with Crippen molar-refractivity contribution in [1.82, 2.24) is 0 Å². The lowest BCUT2D eigenvalue weighted by Crippen LogP contribution is -2.10. The van der Waals surface area contributed by atoms with Crippen molar-refractivity contribution < 1.29 is 28.5 Å². The molecule has 0 radical (unpaired) electrons. The Kier molecular flexibility index (Phi) is 6.98. The summed E-state index contributed by atoms with van der Waals surface area (Å²) >= 11 is 0. The van der Waals surface area contributed by atoms with Crippen LogP contribution < -0.4 is 9.47 Å². The molecule has 21 heavy (non-hydrogen) atoms. The number of benzene rings is 1. The Morgan fingerprint density at radius 2 is 1.48 bits per heavy atom. The van der Waals surface area contributed by atoms with Crippen LogP contribution in [0.3, 0.4) is 0 Å². The molecule has 0 aliphatic rings. The van der Waals surface area contributed by atoms with Gasteiger partial charge >= 0.3 is 5.97 Å². The topological polar surface area (TPSA) is 63.2 Å². The minimum absolute atomic E-state index is 0.0774. The quantitative estimate of drug-likeness (QED) is 0.543. The molecule has 0 bridgehead atoms. The highest BCUT2D eigenvalue weighted by molar-refractivity contribution is 5.90. The van der Waals surface area contributed by atoms with Crippen LogP contribution in [0.5, 0.6) is 11.5 Å². The number of hydrogen-bond acceptors (Lipinski definition) is 6. The molecule has 0 N–H and O–H groups in total. The number of carbonyl (C=O) groups is 1. The summed E-state index contributed by atoms with van der Waals surface area (Å²) in [6.07, 6.45) is 0. The van der Waals surface area contributed by atoms with Crippen LogP contribution in [0.2, 0.25) is 0 Å². The van der Waals surface area contributed by atoms with E-state index in [0.29, 0.717) is 17.1 Å². The van der Waals surface area contributed by atoms with Crippen molar-refractivity contribution >= 4 is 5.97 Å². The SMILES string of the molecule is COCOc1cc(C(=O)OC)cc(OCOC)c1C(C)C. The smallest absolute Gasteiger partial charge is 0.338 e. The van der Waals surface area contributed by atoms with Gasteiger partial charge in [-0.2, -0.15) is 0 Å². The van der Waals surface area contributed by atoms with Gasteiger partial charge in [0.1, 0.15) is 11.5 Å². The summed E-state index contributed by atoms with van der Waals surface area (Å²) in [4.78, 5) is 11.8. The molecular weight excluding hydrogens is 276 g/mol. The molecule has 0 aliphatic heterocycles. The molecule has 1 aromatic rings. The summed E-state index contributed by atoms with van der Waals surface area (Å²) in [5.74, 6) is 0.729. The fourth-order valence-corrected chi connectivity index (χ4v) is 1.89. The lowest BCUT2D eigenvalue weighted by molar-refractivity contribution is 0.0434. The van der Waals surface area contributed by atoms with Crippen LogP contribution in [0.1, 0.15) is 35.7 Å². The van der Waals surface area contributed by atoms with Crippen LogP contribution in [0, 0.1) is 0 Å². The van der Waals surface area contributed by atoms with Gasteiger partial charge < -0.3 is 23.7 Å². The Bertz CT molecular complexity index is 440. The van der Waals surface area contributed by atoms with E-state index < -0.39 is 5.97 Å². The van der Waals surface area contributed by atoms with Crippen LogP contribution in [-0.4, -0.2) is 40.9 Å². The van der Waals surface area contributed by atoms with Crippen LogP contribution in [0.15, 0.2) is 12.1 Å². The molecule has 0 aromatic heterocycles. The lowest BCUT2D eigenvalue weighted by Gasteiger charge is -2.19. The van der Waals surface area contributed by atoms with Gasteiger partial charge in [0.2, 0.25) is 0 Å². The Morgan fingerprint density at radius 3 is 1.81 bits per heavy atom. The van der Waals surface area contributed by atoms with Gasteiger partial charge in [-0.1, -0.05) is 13.8 Å². The molecule has 0 spiro atoms. The fourth-order valence-electron chi connectivity index (χ4n) is 1.89. The van der Waals surface area contributed by atoms with E-state index in [2.05, 4.69) is 0 Å². The number of hydrogen-bond donors (Lipinski definition) is 0. The summed E-state index contributed by atoms with van der Waals surface area (Å²) in [6, 6.07) is 3.25. The molecule has 0 atom stereocenters. The molecule has 1 aromatic carbocycles. The first-order chi connectivity index (χ1) is 10.0. The van der Waals surface area contributed by atoms with Crippen molar-refractivity contribution in [2.75, 3.05) is 34.9 Å². The molecule has 0 fully saturated rings. The molecule has 118 valence electrons. The van der Waals surface area contributed by atoms with E-state index in [9.17, 15) is 4.79 Å². The first-order valence-electron chi connectivity index (χ1n) is 6.54. The van der Waals surface area contributed by atoms with Crippen molar-refractivity contribution in [1.29, 1.82) is 0 Å². The summed E-state index contributed by atoms with van der Waals surface area (Å²) in [5, 5.41) is 0. The van der Waals surface area contributed by atoms with Gasteiger partial charge in [0.05, 0.1) is 12.7 Å². The second kappa shape index (κ2) is 8.49. The van der Waals surface area contributed by atoms with Gasteiger partial charge in [-0.05, 0) is 18.1 Å². The summed E-state index contributed by atoms with van der Waals surface area (Å²) < 4.78 is 25.7. The summed E-state index contributed by atoms with van der Waals surface area (Å²) in [6.45, 7) is 4.17. The van der Waals surface area contributed by atoms with Gasteiger partial charge in [-0.25, -0.2) is 4.79 Å². The van der Waals surface area contributed by atoms with E-state index >= 15 is 0 Å². The average molecular weight is 298 g/mol. The second-order valence-electron chi connectivity index (χ2n) is 4.63. The van der Waals surface area contributed by atoms with Gasteiger partial charge in [-0.15, -0.1) is 0 Å². The molecule has 0 saturated heterocycles. The van der Waals surface area contributed by atoms with E-state index in [1.54, 1.807) is 12.1 Å². The Morgan fingerprint density at radius 1 is 1.00 bits per heavy atom. The largest absolute Gasteiger partial charge is 0.467 e. The van der Waals surface area contributed by atoms with Crippen molar-refractivity contribution in [3.05, 3.63) is 23.3 Å². The van der Waals surface area contributed by atoms with E-state index in [0.717, 1.165) is 5.56 Å². The van der Waals surface area contributed by atoms with E-state index in [1.165, 1.54) is 21.3 Å². The van der Waals surface area contributed by atoms with Crippen LogP contribution in [-0.2, 0) is 14.2 Å². The molecular formula is C15H22O6. The predicted molar refractivity (Wildman–Crippen MR) is 76.9 cm³/mol. The maximum absolute atomic E-state index is 11.8. The van der Waals surface area contributed by atoms with Crippen LogP contribution in [0.25, 0.3) is 0 Å². The molecule has 6 heteroatoms. The minimum atomic E-state index is -0.463. The van der Waals surface area contributed by atoms with Gasteiger partial charge in [0.25, 0.3) is 0 Å². The molecule has 0 heterocycles. The highest BCUT2D eigenvalue weighted by Crippen LogP contribution is 2.37. The van der Waals surface area contributed by atoms with Crippen molar-refractivity contribution in [3.63, 3.8) is 0 Å². The highest BCUT2D eigenvalue weighted by Gasteiger charge is 2.20. The van der Waals surface area contributed by atoms with E-state index in [1.807, 2.05) is 13.8 Å². The molecule has 6 nitrogen and oxygen atoms in total. The van der Waals surface area contributed by atoms with Crippen molar-refractivity contribution in [2.45, 2.75) is 19.8 Å².